The maximum atomic E-state index is 2.30. The highest BCUT2D eigenvalue weighted by Gasteiger charge is 2.20. The average Bonchev–Trinajstić information content (AvgIpc) is 2.67. The average molecular weight is 214 g/mol. The van der Waals surface area contributed by atoms with Crippen LogP contribution in [-0.4, -0.2) is 7.85 Å². The van der Waals surface area contributed by atoms with Gasteiger partial charge in [-0.05, 0) is 33.0 Å². The maximum Gasteiger partial charge on any atom is 0.139 e. The molecule has 0 radical (unpaired) electrons. The molecule has 0 saturated carbocycles. The second kappa shape index (κ2) is 3.01. The van der Waals surface area contributed by atoms with E-state index in [1.807, 2.05) is 0 Å². The standard InChI is InChI=1S/C16H11B/c17-11-8-10-4-3-7-14-12-5-1-2-6-13(12)15(9-11)16(10)14/h1-9H,17H2. The molecule has 0 nitrogen and oxygen atoms in total. The Kier molecular flexibility index (Phi) is 1.60. The summed E-state index contributed by atoms with van der Waals surface area (Å²) in [5.74, 6) is 0. The first-order chi connectivity index (χ1) is 8.34. The molecule has 78 valence electrons. The minimum Gasteiger partial charge on any atom is -0.0877 e. The number of hydrogen-bond acceptors (Lipinski definition) is 0. The van der Waals surface area contributed by atoms with Crippen LogP contribution in [0.2, 0.25) is 0 Å². The molecule has 1 aliphatic rings. The molecule has 0 N–H and O–H groups in total. The predicted molar refractivity (Wildman–Crippen MR) is 76.6 cm³/mol. The fraction of sp³-hybridized carbons (Fsp3) is 0. The van der Waals surface area contributed by atoms with Gasteiger partial charge in [-0.3, -0.25) is 0 Å². The quantitative estimate of drug-likeness (QED) is 0.395. The smallest absolute Gasteiger partial charge is 0.0877 e. The van der Waals surface area contributed by atoms with Gasteiger partial charge in [0.15, 0.2) is 0 Å². The number of fused-ring (bicyclic) bond motifs is 3. The molecule has 0 bridgehead atoms. The Bertz CT molecular complexity index is 757. The lowest BCUT2D eigenvalue weighted by Crippen LogP contribution is -2.01. The molecule has 0 atom stereocenters. The van der Waals surface area contributed by atoms with Crippen LogP contribution in [-0.2, 0) is 0 Å². The Morgan fingerprint density at radius 3 is 2.18 bits per heavy atom. The summed E-state index contributed by atoms with van der Waals surface area (Å²) in [6.07, 6.45) is 0. The summed E-state index contributed by atoms with van der Waals surface area (Å²) >= 11 is 0. The molecule has 0 unspecified atom stereocenters. The summed E-state index contributed by atoms with van der Waals surface area (Å²) in [7, 11) is 2.17. The zero-order valence-electron chi connectivity index (χ0n) is 9.70. The van der Waals surface area contributed by atoms with E-state index in [9.17, 15) is 0 Å². The maximum absolute atomic E-state index is 2.30. The number of hydrogen-bond donors (Lipinski definition) is 0. The van der Waals surface area contributed by atoms with Gasteiger partial charge < -0.3 is 0 Å². The molecule has 17 heavy (non-hydrogen) atoms. The summed E-state index contributed by atoms with van der Waals surface area (Å²) in [6, 6.07) is 19.9. The molecule has 0 amide bonds. The van der Waals surface area contributed by atoms with Gasteiger partial charge in [-0.1, -0.05) is 60.1 Å². The molecular weight excluding hydrogens is 203 g/mol. The van der Waals surface area contributed by atoms with E-state index in [1.165, 1.54) is 38.5 Å². The normalized spacial score (nSPS) is 11.8. The van der Waals surface area contributed by atoms with Crippen LogP contribution in [0.4, 0.5) is 0 Å². The van der Waals surface area contributed by atoms with Crippen molar-refractivity contribution in [1.29, 1.82) is 0 Å². The second-order valence-electron chi connectivity index (χ2n) is 4.76. The van der Waals surface area contributed by atoms with E-state index in [4.69, 9.17) is 0 Å². The Hall–Kier alpha value is -2.02. The van der Waals surface area contributed by atoms with Crippen LogP contribution < -0.4 is 5.46 Å². The fourth-order valence-electron chi connectivity index (χ4n) is 2.97. The third-order valence-corrected chi connectivity index (χ3v) is 3.63. The summed E-state index contributed by atoms with van der Waals surface area (Å²) in [4.78, 5) is 0. The van der Waals surface area contributed by atoms with Crippen LogP contribution in [0.15, 0.2) is 54.6 Å². The molecule has 0 fully saturated rings. The van der Waals surface area contributed by atoms with Crippen molar-refractivity contribution >= 4 is 24.1 Å². The molecule has 0 aliphatic heterocycles. The number of benzene rings is 3. The van der Waals surface area contributed by atoms with Gasteiger partial charge in [-0.25, -0.2) is 0 Å². The van der Waals surface area contributed by atoms with Crippen LogP contribution in [0.25, 0.3) is 33.0 Å². The molecule has 0 spiro atoms. The Morgan fingerprint density at radius 2 is 1.35 bits per heavy atom. The van der Waals surface area contributed by atoms with Gasteiger partial charge in [0.2, 0.25) is 0 Å². The third kappa shape index (κ3) is 1.09. The van der Waals surface area contributed by atoms with Crippen molar-refractivity contribution in [3.05, 3.63) is 54.6 Å². The molecule has 3 aromatic rings. The van der Waals surface area contributed by atoms with Crippen molar-refractivity contribution in [2.75, 3.05) is 0 Å². The van der Waals surface area contributed by atoms with Crippen molar-refractivity contribution in [1.82, 2.24) is 0 Å². The molecule has 0 saturated heterocycles. The first kappa shape index (κ1) is 9.06. The number of rotatable bonds is 0. The summed E-state index contributed by atoms with van der Waals surface area (Å²) in [5, 5.41) is 2.77. The van der Waals surface area contributed by atoms with Crippen LogP contribution in [0, 0.1) is 0 Å². The molecule has 1 aliphatic carbocycles. The van der Waals surface area contributed by atoms with Crippen LogP contribution in [0.1, 0.15) is 0 Å². The van der Waals surface area contributed by atoms with Gasteiger partial charge in [0, 0.05) is 0 Å². The van der Waals surface area contributed by atoms with Crippen molar-refractivity contribution in [2.45, 2.75) is 0 Å². The zero-order valence-corrected chi connectivity index (χ0v) is 9.70. The summed E-state index contributed by atoms with van der Waals surface area (Å²) in [5.41, 5.74) is 6.86. The molecular formula is C16H11B. The first-order valence-corrected chi connectivity index (χ1v) is 5.98. The summed E-state index contributed by atoms with van der Waals surface area (Å²) in [6.45, 7) is 0. The van der Waals surface area contributed by atoms with E-state index in [2.05, 4.69) is 62.4 Å². The van der Waals surface area contributed by atoms with E-state index in [0.717, 1.165) is 0 Å². The van der Waals surface area contributed by atoms with E-state index in [0.29, 0.717) is 0 Å². The summed E-state index contributed by atoms with van der Waals surface area (Å²) < 4.78 is 0. The van der Waals surface area contributed by atoms with Crippen LogP contribution >= 0.6 is 0 Å². The van der Waals surface area contributed by atoms with Gasteiger partial charge in [0.1, 0.15) is 7.85 Å². The van der Waals surface area contributed by atoms with E-state index in [-0.39, 0.29) is 0 Å². The molecule has 0 aromatic heterocycles. The third-order valence-electron chi connectivity index (χ3n) is 3.63. The Morgan fingerprint density at radius 1 is 0.647 bits per heavy atom. The monoisotopic (exact) mass is 214 g/mol. The first-order valence-electron chi connectivity index (χ1n) is 5.98. The lowest BCUT2D eigenvalue weighted by molar-refractivity contribution is 1.70. The minimum atomic E-state index is 1.33. The largest absolute Gasteiger partial charge is 0.139 e. The van der Waals surface area contributed by atoms with Crippen molar-refractivity contribution in [3.8, 4) is 22.3 Å². The zero-order chi connectivity index (χ0) is 11.4. The second-order valence-corrected chi connectivity index (χ2v) is 4.76. The van der Waals surface area contributed by atoms with Gasteiger partial charge in [0.25, 0.3) is 0 Å². The van der Waals surface area contributed by atoms with Crippen LogP contribution in [0.3, 0.4) is 0 Å². The minimum absolute atomic E-state index is 1.33. The van der Waals surface area contributed by atoms with Crippen molar-refractivity contribution in [2.24, 2.45) is 0 Å². The van der Waals surface area contributed by atoms with E-state index in [1.54, 1.807) is 0 Å². The van der Waals surface area contributed by atoms with Crippen LogP contribution in [0.5, 0.6) is 0 Å². The lowest BCUT2D eigenvalue weighted by atomic mass is 9.90. The van der Waals surface area contributed by atoms with E-state index >= 15 is 0 Å². The highest BCUT2D eigenvalue weighted by molar-refractivity contribution is 6.35. The highest BCUT2D eigenvalue weighted by Crippen LogP contribution is 2.46. The topological polar surface area (TPSA) is 0 Å². The predicted octanol–water partition coefficient (Wildman–Crippen LogP) is 2.75. The van der Waals surface area contributed by atoms with Gasteiger partial charge in [-0.15, -0.1) is 0 Å². The molecule has 4 rings (SSSR count). The van der Waals surface area contributed by atoms with Gasteiger partial charge >= 0.3 is 0 Å². The van der Waals surface area contributed by atoms with Gasteiger partial charge in [-0.2, -0.15) is 0 Å². The van der Waals surface area contributed by atoms with Crippen molar-refractivity contribution in [3.63, 3.8) is 0 Å². The Labute approximate surface area is 101 Å². The Balaban J connectivity index is 2.30. The molecule has 1 heteroatoms. The highest BCUT2D eigenvalue weighted by atomic mass is 14.2. The lowest BCUT2D eigenvalue weighted by Gasteiger charge is -2.03. The van der Waals surface area contributed by atoms with Gasteiger partial charge in [0.05, 0.1) is 0 Å². The molecule has 3 aromatic carbocycles. The van der Waals surface area contributed by atoms with E-state index < -0.39 is 0 Å². The fourth-order valence-corrected chi connectivity index (χ4v) is 2.97. The SMILES string of the molecule is Bc1cc2c3c(cccc3c1)-c1ccccc1-2. The van der Waals surface area contributed by atoms with Crippen molar-refractivity contribution < 1.29 is 0 Å². The molecule has 0 heterocycles.